The van der Waals surface area contributed by atoms with Gasteiger partial charge in [0.1, 0.15) is 17.7 Å². The molecule has 4 nitrogen and oxygen atoms in total. The van der Waals surface area contributed by atoms with E-state index >= 15 is 0 Å². The molecule has 0 unspecified atom stereocenters. The zero-order valence-electron chi connectivity index (χ0n) is 15.8. The van der Waals surface area contributed by atoms with E-state index in [4.69, 9.17) is 27.9 Å². The molecule has 154 valence electrons. The molecule has 2 aromatic rings. The quantitative estimate of drug-likeness (QED) is 0.624. The van der Waals surface area contributed by atoms with Gasteiger partial charge >= 0.3 is 5.97 Å². The molecule has 2 fully saturated rings. The molecule has 1 atom stereocenters. The normalized spacial score (nSPS) is 19.9. The van der Waals surface area contributed by atoms with Gasteiger partial charge in [-0.1, -0.05) is 23.2 Å². The van der Waals surface area contributed by atoms with Crippen LogP contribution in [0.5, 0.6) is 5.75 Å². The summed E-state index contributed by atoms with van der Waals surface area (Å²) in [6, 6.07) is 8.09. The monoisotopic (exact) mass is 437 g/mol. The molecule has 29 heavy (non-hydrogen) atoms. The summed E-state index contributed by atoms with van der Waals surface area (Å²) < 4.78 is 20.4. The van der Waals surface area contributed by atoms with E-state index in [2.05, 4.69) is 4.90 Å². The molecule has 2 aliphatic rings. The van der Waals surface area contributed by atoms with Crippen molar-refractivity contribution in [1.82, 2.24) is 4.90 Å². The van der Waals surface area contributed by atoms with E-state index < -0.39 is 11.8 Å². The maximum Gasteiger partial charge on any atom is 0.338 e. The zero-order chi connectivity index (χ0) is 20.5. The highest BCUT2D eigenvalue weighted by Gasteiger charge is 2.30. The number of rotatable bonds is 6. The van der Waals surface area contributed by atoms with Crippen LogP contribution in [0.1, 0.15) is 53.1 Å². The van der Waals surface area contributed by atoms with Crippen LogP contribution in [0, 0.1) is 5.82 Å². The van der Waals surface area contributed by atoms with Gasteiger partial charge in [0.2, 0.25) is 0 Å². The average Bonchev–Trinajstić information content (AvgIpc) is 3.46. The van der Waals surface area contributed by atoms with Gasteiger partial charge in [-0.2, -0.15) is 0 Å². The molecule has 1 saturated heterocycles. The predicted molar refractivity (Wildman–Crippen MR) is 111 cm³/mol. The molecule has 4 rings (SSSR count). The van der Waals surface area contributed by atoms with E-state index in [1.165, 1.54) is 12.1 Å². The Hall–Kier alpha value is -1.82. The summed E-state index contributed by atoms with van der Waals surface area (Å²) in [6.07, 6.45) is 3.93. The maximum absolute atomic E-state index is 14.3. The number of aromatic carboxylic acids is 1. The Morgan fingerprint density at radius 3 is 2.52 bits per heavy atom. The first kappa shape index (κ1) is 20.5. The van der Waals surface area contributed by atoms with Gasteiger partial charge in [-0.05, 0) is 79.6 Å². The molecule has 1 aliphatic carbocycles. The van der Waals surface area contributed by atoms with Crippen molar-refractivity contribution in [2.45, 2.75) is 44.2 Å². The van der Waals surface area contributed by atoms with Crippen LogP contribution >= 0.6 is 23.2 Å². The van der Waals surface area contributed by atoms with Gasteiger partial charge in [-0.25, -0.2) is 9.18 Å². The van der Waals surface area contributed by atoms with Crippen LogP contribution in [-0.4, -0.2) is 35.2 Å². The summed E-state index contributed by atoms with van der Waals surface area (Å²) in [4.78, 5) is 13.5. The molecular formula is C22H22Cl2FNO3. The minimum absolute atomic E-state index is 0.00852. The second-order valence-corrected chi connectivity index (χ2v) is 8.71. The van der Waals surface area contributed by atoms with E-state index in [0.29, 0.717) is 34.8 Å². The van der Waals surface area contributed by atoms with Gasteiger partial charge in [0.15, 0.2) is 0 Å². The van der Waals surface area contributed by atoms with E-state index in [9.17, 15) is 14.3 Å². The summed E-state index contributed by atoms with van der Waals surface area (Å²) in [7, 11) is 0. The van der Waals surface area contributed by atoms with Crippen molar-refractivity contribution >= 4 is 29.2 Å². The van der Waals surface area contributed by atoms with E-state index in [1.54, 1.807) is 18.2 Å². The summed E-state index contributed by atoms with van der Waals surface area (Å²) in [5.74, 6) is -0.906. The molecule has 7 heteroatoms. The van der Waals surface area contributed by atoms with Crippen molar-refractivity contribution in [1.29, 1.82) is 0 Å². The second-order valence-electron chi connectivity index (χ2n) is 7.83. The molecule has 0 aromatic heterocycles. The van der Waals surface area contributed by atoms with Crippen molar-refractivity contribution in [3.05, 3.63) is 62.9 Å². The first-order valence-electron chi connectivity index (χ1n) is 9.80. The average molecular weight is 438 g/mol. The fourth-order valence-electron chi connectivity index (χ4n) is 3.99. The Morgan fingerprint density at radius 2 is 1.86 bits per heavy atom. The number of hydrogen-bond acceptors (Lipinski definition) is 3. The first-order chi connectivity index (χ1) is 13.9. The van der Waals surface area contributed by atoms with Crippen molar-refractivity contribution in [2.75, 3.05) is 13.1 Å². The highest BCUT2D eigenvalue weighted by atomic mass is 35.5. The number of benzene rings is 2. The Kier molecular flexibility index (Phi) is 6.00. The summed E-state index contributed by atoms with van der Waals surface area (Å²) in [5, 5.41) is 10.3. The molecule has 0 amide bonds. The van der Waals surface area contributed by atoms with Crippen LogP contribution in [0.3, 0.4) is 0 Å². The van der Waals surface area contributed by atoms with Crippen molar-refractivity contribution < 1.29 is 19.0 Å². The van der Waals surface area contributed by atoms with Crippen LogP contribution in [0.2, 0.25) is 10.0 Å². The molecule has 2 aromatic carbocycles. The van der Waals surface area contributed by atoms with Gasteiger partial charge < -0.3 is 9.84 Å². The number of ether oxygens (including phenoxy) is 1. The fraction of sp³-hybridized carbons (Fsp3) is 0.409. The van der Waals surface area contributed by atoms with Crippen molar-refractivity contribution in [3.63, 3.8) is 0 Å². The molecule has 0 spiro atoms. The number of piperidine rings is 1. The van der Waals surface area contributed by atoms with Crippen LogP contribution in [0.4, 0.5) is 4.39 Å². The largest absolute Gasteiger partial charge is 0.489 e. The van der Waals surface area contributed by atoms with Crippen LogP contribution < -0.4 is 4.74 Å². The van der Waals surface area contributed by atoms with Gasteiger partial charge in [0, 0.05) is 23.1 Å². The van der Waals surface area contributed by atoms with Crippen molar-refractivity contribution in [2.24, 2.45) is 0 Å². The number of hydrogen-bond donors (Lipinski definition) is 1. The minimum atomic E-state index is -1.22. The number of halogens is 3. The third kappa shape index (κ3) is 5.03. The number of carbonyl (C=O) groups is 1. The third-order valence-electron chi connectivity index (χ3n) is 5.47. The third-order valence-corrected chi connectivity index (χ3v) is 5.91. The standard InChI is InChI=1S/C22H22Cl2FNO3/c23-15-7-16(24)9-18(8-15)29-17-2-1-5-26(12-17)11-14-6-21(25)20(22(27)28)10-19(14)13-3-4-13/h6-10,13,17H,1-5,11-12H2,(H,27,28)/t17-/m0/s1. The van der Waals surface area contributed by atoms with Gasteiger partial charge in [0.25, 0.3) is 0 Å². The molecule has 1 aliphatic heterocycles. The number of likely N-dealkylation sites (tertiary alicyclic amines) is 1. The van der Waals surface area contributed by atoms with Crippen LogP contribution in [0.15, 0.2) is 30.3 Å². The smallest absolute Gasteiger partial charge is 0.338 e. The van der Waals surface area contributed by atoms with E-state index in [0.717, 1.165) is 43.4 Å². The topological polar surface area (TPSA) is 49.8 Å². The molecule has 1 N–H and O–H groups in total. The minimum Gasteiger partial charge on any atom is -0.489 e. The Morgan fingerprint density at radius 1 is 1.14 bits per heavy atom. The molecule has 0 bridgehead atoms. The molecule has 1 heterocycles. The second kappa shape index (κ2) is 8.50. The lowest BCUT2D eigenvalue weighted by atomic mass is 9.98. The number of nitrogens with zero attached hydrogens (tertiary/aromatic N) is 1. The van der Waals surface area contributed by atoms with E-state index in [-0.39, 0.29) is 11.7 Å². The van der Waals surface area contributed by atoms with Crippen molar-refractivity contribution in [3.8, 4) is 5.75 Å². The highest BCUT2D eigenvalue weighted by molar-refractivity contribution is 6.34. The lowest BCUT2D eigenvalue weighted by Gasteiger charge is -2.33. The molecular weight excluding hydrogens is 416 g/mol. The predicted octanol–water partition coefficient (Wildman–Crippen LogP) is 5.75. The highest BCUT2D eigenvalue weighted by Crippen LogP contribution is 2.43. The Labute approximate surface area is 179 Å². The summed E-state index contributed by atoms with van der Waals surface area (Å²) >= 11 is 12.1. The number of carboxylic acids is 1. The molecule has 0 radical (unpaired) electrons. The summed E-state index contributed by atoms with van der Waals surface area (Å²) in [5.41, 5.74) is 1.60. The Balaban J connectivity index is 1.48. The SMILES string of the molecule is O=C(O)c1cc(C2CC2)c(CN2CCC[C@H](Oc3cc(Cl)cc(Cl)c3)C2)cc1F. The lowest BCUT2D eigenvalue weighted by molar-refractivity contribution is 0.0691. The van der Waals surface area contributed by atoms with Crippen LogP contribution in [0.25, 0.3) is 0 Å². The maximum atomic E-state index is 14.3. The Bertz CT molecular complexity index is 912. The lowest BCUT2D eigenvalue weighted by Crippen LogP contribution is -2.40. The number of carboxylic acid groups (broad SMARTS) is 1. The zero-order valence-corrected chi connectivity index (χ0v) is 17.3. The molecule has 1 saturated carbocycles. The summed E-state index contributed by atoms with van der Waals surface area (Å²) in [6.45, 7) is 2.18. The van der Waals surface area contributed by atoms with E-state index in [1.807, 2.05) is 0 Å². The van der Waals surface area contributed by atoms with Gasteiger partial charge in [0.05, 0.1) is 5.56 Å². The van der Waals surface area contributed by atoms with Crippen LogP contribution in [-0.2, 0) is 6.54 Å². The van der Waals surface area contributed by atoms with Gasteiger partial charge in [-0.15, -0.1) is 0 Å². The first-order valence-corrected chi connectivity index (χ1v) is 10.6. The van der Waals surface area contributed by atoms with Gasteiger partial charge in [-0.3, -0.25) is 4.90 Å². The fourth-order valence-corrected chi connectivity index (χ4v) is 4.50.